The molecular weight excluding hydrogens is 506 g/mol. The zero-order valence-corrected chi connectivity index (χ0v) is 21.3. The number of rotatable bonds is 6. The Morgan fingerprint density at radius 2 is 1.87 bits per heavy atom. The molecule has 0 aliphatic heterocycles. The Bertz CT molecular complexity index is 1720. The van der Waals surface area contributed by atoms with Crippen molar-refractivity contribution >= 4 is 23.1 Å². The van der Waals surface area contributed by atoms with Crippen molar-refractivity contribution in [2.45, 2.75) is 39.5 Å². The molecule has 12 heteroatoms. The van der Waals surface area contributed by atoms with E-state index in [0.717, 1.165) is 28.1 Å². The van der Waals surface area contributed by atoms with Gasteiger partial charge < -0.3 is 15.6 Å². The van der Waals surface area contributed by atoms with Gasteiger partial charge in [0.25, 0.3) is 5.91 Å². The summed E-state index contributed by atoms with van der Waals surface area (Å²) in [6.07, 6.45) is 1.21. The summed E-state index contributed by atoms with van der Waals surface area (Å²) in [7, 11) is 0. The van der Waals surface area contributed by atoms with E-state index in [1.807, 2.05) is 39.0 Å². The number of halogens is 2. The van der Waals surface area contributed by atoms with Crippen LogP contribution in [0.2, 0.25) is 0 Å². The molecule has 0 bridgehead atoms. The van der Waals surface area contributed by atoms with Crippen molar-refractivity contribution in [3.05, 3.63) is 71.1 Å². The molecule has 6 rings (SSSR count). The van der Waals surface area contributed by atoms with Crippen molar-refractivity contribution in [2.75, 3.05) is 11.1 Å². The Kier molecular flexibility index (Phi) is 5.82. The number of nitrogens with two attached hydrogens (primary N) is 1. The molecule has 0 spiro atoms. The van der Waals surface area contributed by atoms with Gasteiger partial charge in [0, 0.05) is 34.8 Å². The summed E-state index contributed by atoms with van der Waals surface area (Å²) in [4.78, 5) is 26.3. The molecule has 4 aromatic heterocycles. The number of amides is 1. The smallest absolute Gasteiger partial charge is 0.259 e. The highest BCUT2D eigenvalue weighted by Crippen LogP contribution is 2.50. The topological polar surface area (TPSA) is 137 Å². The lowest BCUT2D eigenvalue weighted by Crippen LogP contribution is -2.12. The summed E-state index contributed by atoms with van der Waals surface area (Å²) in [5.74, 6) is -0.811. The fraction of sp³-hybridized carbons (Fsp3) is 0.259. The van der Waals surface area contributed by atoms with E-state index in [-0.39, 0.29) is 23.6 Å². The van der Waals surface area contributed by atoms with E-state index in [9.17, 15) is 13.6 Å². The van der Waals surface area contributed by atoms with Gasteiger partial charge in [-0.15, -0.1) is 0 Å². The van der Waals surface area contributed by atoms with Gasteiger partial charge in [0.2, 0.25) is 24.1 Å². The van der Waals surface area contributed by atoms with Crippen LogP contribution in [0.15, 0.2) is 47.2 Å². The molecule has 0 unspecified atom stereocenters. The summed E-state index contributed by atoms with van der Waals surface area (Å²) < 4.78 is 32.7. The van der Waals surface area contributed by atoms with Gasteiger partial charge in [-0.3, -0.25) is 4.79 Å². The number of nitrogen functional groups attached to an aromatic ring is 1. The Morgan fingerprint density at radius 1 is 1.10 bits per heavy atom. The van der Waals surface area contributed by atoms with Crippen LogP contribution in [-0.4, -0.2) is 42.1 Å². The number of aromatic nitrogens is 6. The van der Waals surface area contributed by atoms with Gasteiger partial charge in [-0.2, -0.15) is 10.1 Å². The maximum absolute atomic E-state index is 13.4. The molecule has 1 saturated carbocycles. The van der Waals surface area contributed by atoms with E-state index in [2.05, 4.69) is 30.5 Å². The van der Waals surface area contributed by atoms with Crippen LogP contribution in [-0.2, 0) is 0 Å². The summed E-state index contributed by atoms with van der Waals surface area (Å²) >= 11 is 0. The first kappa shape index (κ1) is 24.6. The minimum Gasteiger partial charge on any atom is -0.368 e. The van der Waals surface area contributed by atoms with Crippen LogP contribution >= 0.6 is 0 Å². The molecular formula is C27H24F2N8O2. The minimum absolute atomic E-state index is 0.207. The Morgan fingerprint density at radius 3 is 2.59 bits per heavy atom. The van der Waals surface area contributed by atoms with Gasteiger partial charge in [-0.25, -0.2) is 23.3 Å². The number of anilines is 2. The summed E-state index contributed by atoms with van der Waals surface area (Å²) in [6, 6.07) is 9.09. The molecule has 39 heavy (non-hydrogen) atoms. The Balaban J connectivity index is 1.28. The quantitative estimate of drug-likeness (QED) is 0.314. The highest BCUT2D eigenvalue weighted by Gasteiger charge is 2.48. The first-order valence-electron chi connectivity index (χ1n) is 12.3. The van der Waals surface area contributed by atoms with Crippen molar-refractivity contribution in [3.8, 4) is 22.5 Å². The number of nitrogens with one attached hydrogen (secondary N) is 1. The monoisotopic (exact) mass is 530 g/mol. The second-order valence-electron chi connectivity index (χ2n) is 9.71. The van der Waals surface area contributed by atoms with Crippen molar-refractivity contribution in [1.29, 1.82) is 0 Å². The average molecular weight is 531 g/mol. The number of alkyl halides is 2. The van der Waals surface area contributed by atoms with Gasteiger partial charge in [0.1, 0.15) is 0 Å². The second-order valence-corrected chi connectivity index (χ2v) is 9.71. The molecule has 1 aliphatic carbocycles. The van der Waals surface area contributed by atoms with Crippen molar-refractivity contribution in [1.82, 2.24) is 29.7 Å². The summed E-state index contributed by atoms with van der Waals surface area (Å²) in [5.41, 5.74) is 11.9. The fourth-order valence-corrected chi connectivity index (χ4v) is 4.84. The van der Waals surface area contributed by atoms with E-state index >= 15 is 0 Å². The van der Waals surface area contributed by atoms with Crippen LogP contribution in [0.25, 0.3) is 28.0 Å². The third-order valence-corrected chi connectivity index (χ3v) is 7.01. The van der Waals surface area contributed by atoms with Crippen LogP contribution in [0.4, 0.5) is 20.4 Å². The van der Waals surface area contributed by atoms with Gasteiger partial charge in [-0.05, 0) is 56.5 Å². The first-order chi connectivity index (χ1) is 18.7. The van der Waals surface area contributed by atoms with Crippen LogP contribution in [0.1, 0.15) is 45.5 Å². The third kappa shape index (κ3) is 4.47. The number of aryl methyl sites for hydroxylation is 3. The highest BCUT2D eigenvalue weighted by molar-refractivity contribution is 6.09. The van der Waals surface area contributed by atoms with Crippen molar-refractivity contribution in [2.24, 2.45) is 5.92 Å². The number of carbonyl (C=O) groups is 1. The molecule has 1 aromatic carbocycles. The molecule has 5 aromatic rings. The normalized spacial score (nSPS) is 16.7. The predicted octanol–water partition coefficient (Wildman–Crippen LogP) is 4.97. The maximum Gasteiger partial charge on any atom is 0.259 e. The third-order valence-electron chi connectivity index (χ3n) is 7.01. The molecule has 2 atom stereocenters. The minimum atomic E-state index is -2.41. The lowest BCUT2D eigenvalue weighted by atomic mass is 10.0. The number of benzene rings is 1. The van der Waals surface area contributed by atoms with Crippen LogP contribution < -0.4 is 11.1 Å². The number of pyridine rings is 1. The molecule has 4 heterocycles. The van der Waals surface area contributed by atoms with Gasteiger partial charge >= 0.3 is 0 Å². The van der Waals surface area contributed by atoms with Crippen LogP contribution in [0.3, 0.4) is 0 Å². The number of fused-ring (bicyclic) bond motifs is 1. The predicted molar refractivity (Wildman–Crippen MR) is 139 cm³/mol. The summed E-state index contributed by atoms with van der Waals surface area (Å²) in [6.45, 7) is 5.58. The Hall–Kier alpha value is -4.74. The van der Waals surface area contributed by atoms with E-state index in [4.69, 9.17) is 10.3 Å². The highest BCUT2D eigenvalue weighted by atomic mass is 19.3. The second kappa shape index (κ2) is 9.22. The average Bonchev–Trinajstić information content (AvgIpc) is 3.34. The lowest BCUT2D eigenvalue weighted by molar-refractivity contribution is 0.102. The Labute approximate surface area is 221 Å². The van der Waals surface area contributed by atoms with E-state index < -0.39 is 18.3 Å². The standard InChI is InChI=1S/C27H24F2N8O2/c1-12-4-5-16(24-35-26(39-36-24)18-10-17(18)23(28)29)8-20(12)34-25(38)19-11-31-37-7-6-15(9-21(19)37)22-13(2)32-27(30)33-14(22)3/h4-9,11,17-18,23H,10H2,1-3H3,(H,34,38)(H2,30,32,33)/t17-,18-/m0/s1. The van der Waals surface area contributed by atoms with Crippen molar-refractivity contribution in [3.63, 3.8) is 0 Å². The number of hydrogen-bond acceptors (Lipinski definition) is 8. The van der Waals surface area contributed by atoms with Crippen LogP contribution in [0.5, 0.6) is 0 Å². The first-order valence-corrected chi connectivity index (χ1v) is 12.3. The van der Waals surface area contributed by atoms with E-state index in [1.54, 1.807) is 22.8 Å². The number of hydrogen-bond donors (Lipinski definition) is 2. The molecule has 0 radical (unpaired) electrons. The molecule has 3 N–H and O–H groups in total. The van der Waals surface area contributed by atoms with Crippen LogP contribution in [0, 0.1) is 26.7 Å². The summed E-state index contributed by atoms with van der Waals surface area (Å²) in [5, 5.41) is 11.2. The number of nitrogens with zero attached hydrogens (tertiary/aromatic N) is 6. The molecule has 0 saturated heterocycles. The zero-order chi connectivity index (χ0) is 27.4. The maximum atomic E-state index is 13.4. The lowest BCUT2D eigenvalue weighted by Gasteiger charge is -2.11. The van der Waals surface area contributed by atoms with Crippen molar-refractivity contribution < 1.29 is 18.1 Å². The molecule has 198 valence electrons. The van der Waals surface area contributed by atoms with Gasteiger partial charge in [0.15, 0.2) is 0 Å². The van der Waals surface area contributed by atoms with E-state index in [0.29, 0.717) is 28.8 Å². The fourth-order valence-electron chi connectivity index (χ4n) is 4.84. The van der Waals surface area contributed by atoms with Gasteiger partial charge in [-0.1, -0.05) is 17.3 Å². The van der Waals surface area contributed by atoms with E-state index in [1.165, 1.54) is 6.20 Å². The van der Waals surface area contributed by atoms with Gasteiger partial charge in [0.05, 0.1) is 28.7 Å². The zero-order valence-electron chi connectivity index (χ0n) is 21.3. The SMILES string of the molecule is Cc1ccc(-c2noc([C@H]3C[C@@H]3C(F)F)n2)cc1NC(=O)c1cnn2ccc(-c3c(C)nc(N)nc3C)cc12. The molecule has 10 nitrogen and oxygen atoms in total. The molecule has 1 aliphatic rings. The molecule has 1 amide bonds. The number of carbonyl (C=O) groups excluding carboxylic acids is 1. The largest absolute Gasteiger partial charge is 0.368 e. The molecule has 1 fully saturated rings.